The van der Waals surface area contributed by atoms with Crippen molar-refractivity contribution < 1.29 is 9.94 Å². The number of rotatable bonds is 3. The van der Waals surface area contributed by atoms with Gasteiger partial charge in [0.05, 0.1) is 7.11 Å². The second kappa shape index (κ2) is 4.29. The van der Waals surface area contributed by atoms with Gasteiger partial charge in [-0.05, 0) is 17.0 Å². The van der Waals surface area contributed by atoms with E-state index in [0.717, 1.165) is 22.1 Å². The van der Waals surface area contributed by atoms with Gasteiger partial charge >= 0.3 is 0 Å². The highest BCUT2D eigenvalue weighted by Crippen LogP contribution is 2.27. The Kier molecular flexibility index (Phi) is 2.85. The maximum Gasteiger partial charge on any atom is 0.126 e. The fraction of sp³-hybridized carbons (Fsp3) is 0.167. The predicted octanol–water partition coefficient (Wildman–Crippen LogP) is 2.33. The number of methoxy groups -OCH3 is 1. The van der Waals surface area contributed by atoms with E-state index in [0.29, 0.717) is 6.54 Å². The Balaban J connectivity index is 2.66. The fourth-order valence-corrected chi connectivity index (χ4v) is 1.75. The molecule has 0 aliphatic rings. The number of nitrogens with one attached hydrogen (secondary N) is 1. The predicted molar refractivity (Wildman–Crippen MR) is 59.1 cm³/mol. The van der Waals surface area contributed by atoms with Gasteiger partial charge in [0.2, 0.25) is 0 Å². The van der Waals surface area contributed by atoms with E-state index >= 15 is 0 Å². The summed E-state index contributed by atoms with van der Waals surface area (Å²) in [5, 5.41) is 10.9. The molecule has 3 heteroatoms. The van der Waals surface area contributed by atoms with Gasteiger partial charge in [0.25, 0.3) is 0 Å². The molecule has 0 unspecified atom stereocenters. The lowest BCUT2D eigenvalue weighted by atomic mass is 10.0. The minimum Gasteiger partial charge on any atom is -0.496 e. The zero-order valence-corrected chi connectivity index (χ0v) is 8.53. The van der Waals surface area contributed by atoms with Crippen LogP contribution in [0.1, 0.15) is 5.56 Å². The molecule has 3 nitrogen and oxygen atoms in total. The molecular formula is C12H13NO2. The lowest BCUT2D eigenvalue weighted by Gasteiger charge is -2.09. The lowest BCUT2D eigenvalue weighted by molar-refractivity contribution is 0.161. The van der Waals surface area contributed by atoms with Crippen molar-refractivity contribution >= 4 is 10.8 Å². The van der Waals surface area contributed by atoms with Crippen molar-refractivity contribution in [1.29, 1.82) is 0 Å². The van der Waals surface area contributed by atoms with E-state index < -0.39 is 0 Å². The van der Waals surface area contributed by atoms with E-state index in [2.05, 4.69) is 5.48 Å². The summed E-state index contributed by atoms with van der Waals surface area (Å²) in [6.45, 7) is 0.435. The molecule has 0 spiro atoms. The Morgan fingerprint density at radius 2 is 1.87 bits per heavy atom. The first kappa shape index (κ1) is 9.96. The van der Waals surface area contributed by atoms with E-state index in [1.54, 1.807) is 7.11 Å². The molecule has 0 atom stereocenters. The first-order valence-corrected chi connectivity index (χ1v) is 4.78. The van der Waals surface area contributed by atoms with Crippen LogP contribution in [0.5, 0.6) is 5.75 Å². The van der Waals surface area contributed by atoms with Gasteiger partial charge in [-0.2, -0.15) is 0 Å². The standard InChI is InChI=1S/C12H13NO2/c1-15-12-7-6-9(8-13-14)10-4-2-3-5-11(10)12/h2-7,13-14H,8H2,1H3. The molecule has 0 aromatic heterocycles. The SMILES string of the molecule is COc1ccc(CNO)c2ccccc12. The second-order valence-corrected chi connectivity index (χ2v) is 3.31. The monoisotopic (exact) mass is 203 g/mol. The fourth-order valence-electron chi connectivity index (χ4n) is 1.75. The quantitative estimate of drug-likeness (QED) is 0.752. The van der Waals surface area contributed by atoms with Crippen LogP contribution in [0.3, 0.4) is 0 Å². The van der Waals surface area contributed by atoms with Crippen molar-refractivity contribution in [2.75, 3.05) is 7.11 Å². The molecular weight excluding hydrogens is 190 g/mol. The molecule has 2 aromatic rings. The Morgan fingerprint density at radius 1 is 1.13 bits per heavy atom. The van der Waals surface area contributed by atoms with Crippen molar-refractivity contribution in [3.8, 4) is 5.75 Å². The summed E-state index contributed by atoms with van der Waals surface area (Å²) in [4.78, 5) is 0. The molecule has 2 aromatic carbocycles. The Labute approximate surface area is 88.3 Å². The molecule has 0 aliphatic heterocycles. The van der Waals surface area contributed by atoms with E-state index in [-0.39, 0.29) is 0 Å². The van der Waals surface area contributed by atoms with Crippen LogP contribution in [0.4, 0.5) is 0 Å². The van der Waals surface area contributed by atoms with E-state index in [1.165, 1.54) is 0 Å². The third kappa shape index (κ3) is 1.79. The van der Waals surface area contributed by atoms with Gasteiger partial charge in [0.1, 0.15) is 5.75 Å². The molecule has 15 heavy (non-hydrogen) atoms. The summed E-state index contributed by atoms with van der Waals surface area (Å²) in [5.41, 5.74) is 3.22. The largest absolute Gasteiger partial charge is 0.496 e. The first-order chi connectivity index (χ1) is 7.36. The summed E-state index contributed by atoms with van der Waals surface area (Å²) in [7, 11) is 1.66. The van der Waals surface area contributed by atoms with Gasteiger partial charge in [-0.3, -0.25) is 0 Å². The van der Waals surface area contributed by atoms with E-state index in [4.69, 9.17) is 9.94 Å². The van der Waals surface area contributed by atoms with Crippen molar-refractivity contribution in [3.05, 3.63) is 42.0 Å². The highest BCUT2D eigenvalue weighted by atomic mass is 16.5. The van der Waals surface area contributed by atoms with Crippen LogP contribution in [-0.4, -0.2) is 12.3 Å². The van der Waals surface area contributed by atoms with Crippen LogP contribution >= 0.6 is 0 Å². The van der Waals surface area contributed by atoms with Crippen molar-refractivity contribution in [2.45, 2.75) is 6.54 Å². The number of ether oxygens (including phenoxy) is 1. The summed E-state index contributed by atoms with van der Waals surface area (Å²) in [6, 6.07) is 11.8. The normalized spacial score (nSPS) is 10.5. The van der Waals surface area contributed by atoms with Crippen LogP contribution < -0.4 is 10.2 Å². The van der Waals surface area contributed by atoms with E-state index in [1.807, 2.05) is 36.4 Å². The topological polar surface area (TPSA) is 41.5 Å². The molecule has 0 amide bonds. The Hall–Kier alpha value is -1.58. The number of hydrogen-bond acceptors (Lipinski definition) is 3. The summed E-state index contributed by atoms with van der Waals surface area (Å²) in [5.74, 6) is 0.854. The lowest BCUT2D eigenvalue weighted by Crippen LogP contribution is -2.06. The highest BCUT2D eigenvalue weighted by molar-refractivity contribution is 5.91. The van der Waals surface area contributed by atoms with Crippen LogP contribution in [0.25, 0.3) is 10.8 Å². The smallest absolute Gasteiger partial charge is 0.126 e. The van der Waals surface area contributed by atoms with Crippen LogP contribution in [0.15, 0.2) is 36.4 Å². The van der Waals surface area contributed by atoms with Gasteiger partial charge < -0.3 is 9.94 Å². The number of benzene rings is 2. The van der Waals surface area contributed by atoms with Gasteiger partial charge in [-0.1, -0.05) is 30.3 Å². The number of hydrogen-bond donors (Lipinski definition) is 2. The molecule has 0 fully saturated rings. The van der Waals surface area contributed by atoms with Crippen molar-refractivity contribution in [2.24, 2.45) is 0 Å². The zero-order chi connectivity index (χ0) is 10.7. The Morgan fingerprint density at radius 3 is 2.53 bits per heavy atom. The molecule has 0 radical (unpaired) electrons. The Bertz CT molecular complexity index is 468. The molecule has 0 aliphatic carbocycles. The average molecular weight is 203 g/mol. The summed E-state index contributed by atoms with van der Waals surface area (Å²) in [6.07, 6.45) is 0. The first-order valence-electron chi connectivity index (χ1n) is 4.78. The minimum atomic E-state index is 0.435. The van der Waals surface area contributed by atoms with Crippen molar-refractivity contribution in [3.63, 3.8) is 0 Å². The molecule has 0 heterocycles. The van der Waals surface area contributed by atoms with Gasteiger partial charge in [-0.25, -0.2) is 5.48 Å². The molecule has 0 saturated carbocycles. The molecule has 78 valence electrons. The minimum absolute atomic E-state index is 0.435. The maximum absolute atomic E-state index is 8.72. The molecule has 0 bridgehead atoms. The molecule has 0 saturated heterocycles. The van der Waals surface area contributed by atoms with Crippen LogP contribution in [-0.2, 0) is 6.54 Å². The number of hydroxylamine groups is 1. The van der Waals surface area contributed by atoms with Crippen molar-refractivity contribution in [1.82, 2.24) is 5.48 Å². The van der Waals surface area contributed by atoms with Gasteiger partial charge in [0, 0.05) is 11.9 Å². The maximum atomic E-state index is 8.72. The molecule has 2 rings (SSSR count). The summed E-state index contributed by atoms with van der Waals surface area (Å²) >= 11 is 0. The third-order valence-electron chi connectivity index (χ3n) is 2.46. The molecule has 2 N–H and O–H groups in total. The number of fused-ring (bicyclic) bond motifs is 1. The van der Waals surface area contributed by atoms with E-state index in [9.17, 15) is 0 Å². The second-order valence-electron chi connectivity index (χ2n) is 3.31. The highest BCUT2D eigenvalue weighted by Gasteiger charge is 2.04. The van der Waals surface area contributed by atoms with Crippen LogP contribution in [0, 0.1) is 0 Å². The zero-order valence-electron chi connectivity index (χ0n) is 8.53. The van der Waals surface area contributed by atoms with Crippen LogP contribution in [0.2, 0.25) is 0 Å². The van der Waals surface area contributed by atoms with Gasteiger partial charge in [-0.15, -0.1) is 0 Å². The third-order valence-corrected chi connectivity index (χ3v) is 2.46. The van der Waals surface area contributed by atoms with Gasteiger partial charge in [0.15, 0.2) is 0 Å². The average Bonchev–Trinajstić information content (AvgIpc) is 2.30. The summed E-state index contributed by atoms with van der Waals surface area (Å²) < 4.78 is 5.28.